The average Bonchev–Trinajstić information content (AvgIpc) is 2.97. The topological polar surface area (TPSA) is 49.4 Å². The Labute approximate surface area is 148 Å². The Bertz CT molecular complexity index is 765. The van der Waals surface area contributed by atoms with Crippen LogP contribution in [0, 0.1) is 19.8 Å². The number of hydrogen-bond acceptors (Lipinski definition) is 2. The molecule has 0 radical (unpaired) electrons. The first-order valence-electron chi connectivity index (χ1n) is 8.69. The van der Waals surface area contributed by atoms with Crippen molar-refractivity contribution in [3.63, 3.8) is 0 Å². The summed E-state index contributed by atoms with van der Waals surface area (Å²) in [6.45, 7) is 6.41. The Kier molecular flexibility index (Phi) is 4.88. The van der Waals surface area contributed by atoms with E-state index in [4.69, 9.17) is 0 Å². The molecule has 2 atom stereocenters. The highest BCUT2D eigenvalue weighted by molar-refractivity contribution is 6.01. The zero-order valence-electron chi connectivity index (χ0n) is 15.0. The molecule has 0 saturated carbocycles. The minimum Gasteiger partial charge on any atom is -0.349 e. The van der Waals surface area contributed by atoms with Crippen LogP contribution in [0.5, 0.6) is 0 Å². The van der Waals surface area contributed by atoms with E-state index in [1.54, 1.807) is 4.90 Å². The predicted octanol–water partition coefficient (Wildman–Crippen LogP) is 3.53. The standard InChI is InChI=1S/C21H24N2O2/c1-14-8-7-9-15(2)20(14)23-13-18(12-19(23)24)21(25)22-16(3)17-10-5-4-6-11-17/h4-11,16,18H,12-13H2,1-3H3,(H,22,25)/t16-,18-/m1/s1. The molecule has 0 unspecified atom stereocenters. The molecule has 0 spiro atoms. The third kappa shape index (κ3) is 3.58. The molecule has 1 fully saturated rings. The largest absolute Gasteiger partial charge is 0.349 e. The molecule has 25 heavy (non-hydrogen) atoms. The van der Waals surface area contributed by atoms with Crippen LogP contribution in [0.2, 0.25) is 0 Å². The molecular weight excluding hydrogens is 312 g/mol. The van der Waals surface area contributed by atoms with Crippen LogP contribution >= 0.6 is 0 Å². The minimum absolute atomic E-state index is 0.0184. The molecule has 4 heteroatoms. The fraction of sp³-hybridized carbons (Fsp3) is 0.333. The monoisotopic (exact) mass is 336 g/mol. The zero-order valence-corrected chi connectivity index (χ0v) is 15.0. The van der Waals surface area contributed by atoms with Gasteiger partial charge in [0.2, 0.25) is 11.8 Å². The van der Waals surface area contributed by atoms with E-state index >= 15 is 0 Å². The number of carbonyl (C=O) groups is 2. The lowest BCUT2D eigenvalue weighted by atomic mass is 10.0. The van der Waals surface area contributed by atoms with Crippen molar-refractivity contribution in [3.8, 4) is 0 Å². The van der Waals surface area contributed by atoms with Crippen molar-refractivity contribution in [1.82, 2.24) is 5.32 Å². The maximum absolute atomic E-state index is 12.6. The maximum Gasteiger partial charge on any atom is 0.227 e. The molecule has 0 aromatic heterocycles. The molecule has 2 amide bonds. The quantitative estimate of drug-likeness (QED) is 0.928. The number of nitrogens with zero attached hydrogens (tertiary/aromatic N) is 1. The molecule has 1 saturated heterocycles. The summed E-state index contributed by atoms with van der Waals surface area (Å²) in [6, 6.07) is 15.8. The zero-order chi connectivity index (χ0) is 18.0. The van der Waals surface area contributed by atoms with Crippen molar-refractivity contribution in [2.24, 2.45) is 5.92 Å². The summed E-state index contributed by atoms with van der Waals surface area (Å²) in [6.07, 6.45) is 0.265. The molecule has 0 aliphatic carbocycles. The number of rotatable bonds is 4. The first-order chi connectivity index (χ1) is 12.0. The normalized spacial score (nSPS) is 18.3. The van der Waals surface area contributed by atoms with E-state index in [0.717, 1.165) is 22.4 Å². The number of hydrogen-bond donors (Lipinski definition) is 1. The van der Waals surface area contributed by atoms with Crippen LogP contribution in [-0.2, 0) is 9.59 Å². The highest BCUT2D eigenvalue weighted by Gasteiger charge is 2.36. The van der Waals surface area contributed by atoms with Gasteiger partial charge in [0.25, 0.3) is 0 Å². The van der Waals surface area contributed by atoms with Crippen LogP contribution in [0.1, 0.15) is 36.1 Å². The Morgan fingerprint density at radius 3 is 2.36 bits per heavy atom. The third-order valence-electron chi connectivity index (χ3n) is 4.86. The molecule has 4 nitrogen and oxygen atoms in total. The molecule has 0 bridgehead atoms. The first kappa shape index (κ1) is 17.2. The number of carbonyl (C=O) groups excluding carboxylic acids is 2. The van der Waals surface area contributed by atoms with Gasteiger partial charge in [0.05, 0.1) is 12.0 Å². The third-order valence-corrected chi connectivity index (χ3v) is 4.86. The summed E-state index contributed by atoms with van der Waals surface area (Å²) in [5, 5.41) is 3.04. The fourth-order valence-corrected chi connectivity index (χ4v) is 3.49. The molecule has 1 heterocycles. The summed E-state index contributed by atoms with van der Waals surface area (Å²) < 4.78 is 0. The van der Waals surface area contributed by atoms with Crippen molar-refractivity contribution < 1.29 is 9.59 Å². The summed E-state index contributed by atoms with van der Waals surface area (Å²) >= 11 is 0. The van der Waals surface area contributed by atoms with Crippen LogP contribution in [0.4, 0.5) is 5.69 Å². The number of benzene rings is 2. The summed E-state index contributed by atoms with van der Waals surface area (Å²) in [5.41, 5.74) is 4.13. The van der Waals surface area contributed by atoms with Gasteiger partial charge in [0.15, 0.2) is 0 Å². The second-order valence-electron chi connectivity index (χ2n) is 6.79. The lowest BCUT2D eigenvalue weighted by molar-refractivity contribution is -0.126. The van der Waals surface area contributed by atoms with Crippen LogP contribution in [0.25, 0.3) is 0 Å². The second-order valence-corrected chi connectivity index (χ2v) is 6.79. The van der Waals surface area contributed by atoms with Crippen LogP contribution in [-0.4, -0.2) is 18.4 Å². The van der Waals surface area contributed by atoms with Crippen molar-refractivity contribution >= 4 is 17.5 Å². The summed E-state index contributed by atoms with van der Waals surface area (Å²) in [4.78, 5) is 26.9. The summed E-state index contributed by atoms with van der Waals surface area (Å²) in [7, 11) is 0. The Morgan fingerprint density at radius 1 is 1.08 bits per heavy atom. The highest BCUT2D eigenvalue weighted by atomic mass is 16.2. The van der Waals surface area contributed by atoms with E-state index in [-0.39, 0.29) is 30.2 Å². The van der Waals surface area contributed by atoms with Crippen molar-refractivity contribution in [2.75, 3.05) is 11.4 Å². The molecule has 3 rings (SSSR count). The van der Waals surface area contributed by atoms with Gasteiger partial charge >= 0.3 is 0 Å². The van der Waals surface area contributed by atoms with Gasteiger partial charge in [0.1, 0.15) is 0 Å². The Morgan fingerprint density at radius 2 is 1.72 bits per heavy atom. The van der Waals surface area contributed by atoms with Gasteiger partial charge in [-0.3, -0.25) is 9.59 Å². The number of anilines is 1. The van der Waals surface area contributed by atoms with E-state index in [2.05, 4.69) is 5.32 Å². The minimum atomic E-state index is -0.308. The smallest absolute Gasteiger partial charge is 0.227 e. The van der Waals surface area contributed by atoms with Gasteiger partial charge in [-0.05, 0) is 37.5 Å². The van der Waals surface area contributed by atoms with E-state index in [1.807, 2.05) is 69.3 Å². The molecule has 1 aliphatic rings. The van der Waals surface area contributed by atoms with Gasteiger partial charge in [-0.2, -0.15) is 0 Å². The van der Waals surface area contributed by atoms with Gasteiger partial charge in [0, 0.05) is 18.7 Å². The Hall–Kier alpha value is -2.62. The number of amides is 2. The second kappa shape index (κ2) is 7.09. The van der Waals surface area contributed by atoms with Gasteiger partial charge < -0.3 is 10.2 Å². The van der Waals surface area contributed by atoms with Gasteiger partial charge in [-0.15, -0.1) is 0 Å². The molecule has 2 aromatic carbocycles. The Balaban J connectivity index is 1.71. The van der Waals surface area contributed by atoms with Crippen LogP contribution in [0.15, 0.2) is 48.5 Å². The van der Waals surface area contributed by atoms with E-state index in [0.29, 0.717) is 6.54 Å². The van der Waals surface area contributed by atoms with Crippen molar-refractivity contribution in [2.45, 2.75) is 33.2 Å². The molecule has 130 valence electrons. The summed E-state index contributed by atoms with van der Waals surface area (Å²) in [5.74, 6) is -0.346. The van der Waals surface area contributed by atoms with E-state index in [1.165, 1.54) is 0 Å². The predicted molar refractivity (Wildman–Crippen MR) is 99.4 cm³/mol. The number of aryl methyl sites for hydroxylation is 2. The number of nitrogens with one attached hydrogen (secondary N) is 1. The highest BCUT2D eigenvalue weighted by Crippen LogP contribution is 2.31. The van der Waals surface area contributed by atoms with Crippen molar-refractivity contribution in [3.05, 3.63) is 65.2 Å². The lowest BCUT2D eigenvalue weighted by Gasteiger charge is -2.22. The molecule has 2 aromatic rings. The van der Waals surface area contributed by atoms with Crippen LogP contribution in [0.3, 0.4) is 0 Å². The van der Waals surface area contributed by atoms with E-state index < -0.39 is 0 Å². The van der Waals surface area contributed by atoms with E-state index in [9.17, 15) is 9.59 Å². The fourth-order valence-electron chi connectivity index (χ4n) is 3.49. The van der Waals surface area contributed by atoms with Crippen LogP contribution < -0.4 is 10.2 Å². The molecular formula is C21H24N2O2. The first-order valence-corrected chi connectivity index (χ1v) is 8.69. The molecule has 1 aliphatic heterocycles. The lowest BCUT2D eigenvalue weighted by Crippen LogP contribution is -2.34. The van der Waals surface area contributed by atoms with Crippen molar-refractivity contribution in [1.29, 1.82) is 0 Å². The van der Waals surface area contributed by atoms with Gasteiger partial charge in [-0.1, -0.05) is 48.5 Å². The average molecular weight is 336 g/mol. The molecule has 1 N–H and O–H groups in total. The van der Waals surface area contributed by atoms with Gasteiger partial charge in [-0.25, -0.2) is 0 Å². The number of para-hydroxylation sites is 1. The maximum atomic E-state index is 12.6. The SMILES string of the molecule is Cc1cccc(C)c1N1C[C@H](C(=O)N[C@H](C)c2ccccc2)CC1=O.